The van der Waals surface area contributed by atoms with E-state index in [-0.39, 0.29) is 18.0 Å². The van der Waals surface area contributed by atoms with Gasteiger partial charge in [-0.2, -0.15) is 13.2 Å². The Hall–Kier alpha value is -2.39. The maximum atomic E-state index is 13.3. The molecule has 0 bridgehead atoms. The molecule has 1 N–H and O–H groups in total. The molecular weight excluding hydrogens is 431 g/mol. The quantitative estimate of drug-likeness (QED) is 0.649. The van der Waals surface area contributed by atoms with Gasteiger partial charge in [0.1, 0.15) is 0 Å². The van der Waals surface area contributed by atoms with Gasteiger partial charge in [0.05, 0.1) is 23.5 Å². The molecule has 2 aliphatic rings. The molecule has 3 rings (SSSR count). The monoisotopic (exact) mass is 455 g/mol. The van der Waals surface area contributed by atoms with Crippen molar-refractivity contribution >= 4 is 16.0 Å². The first kappa shape index (κ1) is 23.3. The van der Waals surface area contributed by atoms with Crippen molar-refractivity contribution in [2.24, 2.45) is 0 Å². The van der Waals surface area contributed by atoms with E-state index in [9.17, 15) is 26.4 Å². The van der Waals surface area contributed by atoms with E-state index < -0.39 is 33.0 Å². The molecule has 0 heterocycles. The molecule has 31 heavy (non-hydrogen) atoms. The molecule has 1 aromatic carbocycles. The minimum Gasteiger partial charge on any atom is -0.465 e. The molecule has 0 aliphatic heterocycles. The van der Waals surface area contributed by atoms with Crippen LogP contribution in [0.3, 0.4) is 0 Å². The van der Waals surface area contributed by atoms with Crippen molar-refractivity contribution in [3.05, 3.63) is 69.8 Å². The van der Waals surface area contributed by atoms with Crippen LogP contribution in [0.4, 0.5) is 13.2 Å². The minimum absolute atomic E-state index is 0.152. The molecule has 2 aliphatic carbocycles. The fourth-order valence-corrected chi connectivity index (χ4v) is 4.47. The normalized spacial score (nSPS) is 18.9. The molecule has 5 nitrogen and oxygen atoms in total. The average Bonchev–Trinajstić information content (AvgIpc) is 3.07. The third-order valence-corrected chi connectivity index (χ3v) is 7.16. The number of hydrogen-bond donors (Lipinski definition) is 1. The maximum absolute atomic E-state index is 13.3. The lowest BCUT2D eigenvalue weighted by atomic mass is 9.91. The number of carbonyl (C=O) groups excluding carboxylic acids is 1. The van der Waals surface area contributed by atoms with E-state index in [1.807, 2.05) is 18.2 Å². The zero-order chi connectivity index (χ0) is 23.0. The lowest BCUT2D eigenvalue weighted by Gasteiger charge is -2.16. The molecule has 1 atom stereocenters. The Kier molecular flexibility index (Phi) is 6.48. The number of ether oxygens (including phenoxy) is 1. The standard InChI is InChI=1S/C22H24F3NO4S/c1-13(2)31(28,29)26-20-11-16-5-4-14(7-17(16)12-20)6-15-8-18(21(27)30-3)10-19(9-15)22(23,24)25/h4,7-11,13,20,26H,5-6,12H2,1-3H3. The van der Waals surface area contributed by atoms with Crippen molar-refractivity contribution in [3.63, 3.8) is 0 Å². The molecule has 0 spiro atoms. The number of rotatable bonds is 6. The number of alkyl halides is 3. The molecule has 0 saturated carbocycles. The van der Waals surface area contributed by atoms with E-state index in [1.165, 1.54) is 6.07 Å². The second-order valence-corrected chi connectivity index (χ2v) is 10.2. The Morgan fingerprint density at radius 3 is 2.55 bits per heavy atom. The number of esters is 1. The predicted octanol–water partition coefficient (Wildman–Crippen LogP) is 4.32. The van der Waals surface area contributed by atoms with Crippen LogP contribution in [0.5, 0.6) is 0 Å². The van der Waals surface area contributed by atoms with Gasteiger partial charge in [0.2, 0.25) is 10.0 Å². The summed E-state index contributed by atoms with van der Waals surface area (Å²) in [6.45, 7) is 3.21. The van der Waals surface area contributed by atoms with Crippen molar-refractivity contribution in [1.82, 2.24) is 4.72 Å². The van der Waals surface area contributed by atoms with Crippen LogP contribution < -0.4 is 4.72 Å². The van der Waals surface area contributed by atoms with Gasteiger partial charge in [-0.15, -0.1) is 0 Å². The summed E-state index contributed by atoms with van der Waals surface area (Å²) in [6.07, 6.45) is 2.38. The first-order chi connectivity index (χ1) is 14.4. The summed E-state index contributed by atoms with van der Waals surface area (Å²) in [5.74, 6) is -0.829. The van der Waals surface area contributed by atoms with Crippen LogP contribution in [-0.4, -0.2) is 32.8 Å². The number of carbonyl (C=O) groups is 1. The number of hydrogen-bond acceptors (Lipinski definition) is 4. The SMILES string of the molecule is COC(=O)c1cc(CC2=CCC3=CC(NS(=O)(=O)C(C)C)CC3=C2)cc(C(F)(F)F)c1. The summed E-state index contributed by atoms with van der Waals surface area (Å²) < 4.78 is 71.3. The van der Waals surface area contributed by atoms with Crippen molar-refractivity contribution in [2.75, 3.05) is 7.11 Å². The van der Waals surface area contributed by atoms with Gasteiger partial charge in [-0.3, -0.25) is 0 Å². The van der Waals surface area contributed by atoms with E-state index in [0.717, 1.165) is 36.0 Å². The van der Waals surface area contributed by atoms with Gasteiger partial charge in [-0.1, -0.05) is 18.2 Å². The number of benzene rings is 1. The van der Waals surface area contributed by atoms with Crippen molar-refractivity contribution < 1.29 is 31.1 Å². The summed E-state index contributed by atoms with van der Waals surface area (Å²) in [6, 6.07) is 2.89. The van der Waals surface area contributed by atoms with Gasteiger partial charge >= 0.3 is 12.1 Å². The molecule has 0 radical (unpaired) electrons. The number of halogens is 3. The average molecular weight is 455 g/mol. The first-order valence-corrected chi connectivity index (χ1v) is 11.3. The Labute approximate surface area is 179 Å². The second-order valence-electron chi connectivity index (χ2n) is 7.95. The fourth-order valence-electron chi connectivity index (χ4n) is 3.63. The highest BCUT2D eigenvalue weighted by atomic mass is 32.2. The number of fused-ring (bicyclic) bond motifs is 1. The van der Waals surface area contributed by atoms with Gasteiger partial charge in [0.15, 0.2) is 0 Å². The Morgan fingerprint density at radius 1 is 1.23 bits per heavy atom. The molecule has 0 saturated heterocycles. The van der Waals surface area contributed by atoms with E-state index in [0.29, 0.717) is 18.4 Å². The Bertz CT molecular complexity index is 1080. The summed E-state index contributed by atoms with van der Waals surface area (Å²) in [4.78, 5) is 11.8. The van der Waals surface area contributed by atoms with Gasteiger partial charge in [0, 0.05) is 6.04 Å². The van der Waals surface area contributed by atoms with Gasteiger partial charge in [-0.05, 0) is 73.6 Å². The van der Waals surface area contributed by atoms with Crippen LogP contribution in [0.1, 0.15) is 48.2 Å². The lowest BCUT2D eigenvalue weighted by Crippen LogP contribution is -2.37. The summed E-state index contributed by atoms with van der Waals surface area (Å²) in [7, 11) is -2.29. The molecule has 0 aromatic heterocycles. The van der Waals surface area contributed by atoms with E-state index in [4.69, 9.17) is 0 Å². The van der Waals surface area contributed by atoms with E-state index >= 15 is 0 Å². The molecule has 9 heteroatoms. The molecule has 0 fully saturated rings. The maximum Gasteiger partial charge on any atom is 0.416 e. The topological polar surface area (TPSA) is 72.5 Å². The Morgan fingerprint density at radius 2 is 1.94 bits per heavy atom. The number of allylic oxidation sites excluding steroid dienone is 4. The summed E-state index contributed by atoms with van der Waals surface area (Å²) in [5.41, 5.74) is 2.09. The van der Waals surface area contributed by atoms with Gasteiger partial charge in [0.25, 0.3) is 0 Å². The van der Waals surface area contributed by atoms with Crippen LogP contribution in [0.25, 0.3) is 0 Å². The highest BCUT2D eigenvalue weighted by Gasteiger charge is 2.32. The Balaban J connectivity index is 1.80. The molecule has 1 unspecified atom stereocenters. The largest absolute Gasteiger partial charge is 0.465 e. The molecule has 168 valence electrons. The zero-order valence-electron chi connectivity index (χ0n) is 17.4. The van der Waals surface area contributed by atoms with Crippen LogP contribution in [0, 0.1) is 0 Å². The third kappa shape index (κ3) is 5.46. The minimum atomic E-state index is -4.58. The summed E-state index contributed by atoms with van der Waals surface area (Å²) in [5, 5.41) is -0.541. The zero-order valence-corrected chi connectivity index (χ0v) is 18.2. The van der Waals surface area contributed by atoms with Crippen LogP contribution >= 0.6 is 0 Å². The lowest BCUT2D eigenvalue weighted by molar-refractivity contribution is -0.137. The molecule has 1 aromatic rings. The fraction of sp³-hybridized carbons (Fsp3) is 0.409. The first-order valence-electron chi connectivity index (χ1n) is 9.80. The number of methoxy groups -OCH3 is 1. The highest BCUT2D eigenvalue weighted by molar-refractivity contribution is 7.90. The van der Waals surface area contributed by atoms with Crippen molar-refractivity contribution in [3.8, 4) is 0 Å². The highest BCUT2D eigenvalue weighted by Crippen LogP contribution is 2.35. The van der Waals surface area contributed by atoms with Crippen LogP contribution in [-0.2, 0) is 27.4 Å². The van der Waals surface area contributed by atoms with Gasteiger partial charge < -0.3 is 4.74 Å². The van der Waals surface area contributed by atoms with Crippen molar-refractivity contribution in [1.29, 1.82) is 0 Å². The van der Waals surface area contributed by atoms with Crippen LogP contribution in [0.15, 0.2) is 53.1 Å². The molecule has 0 amide bonds. The van der Waals surface area contributed by atoms with Gasteiger partial charge in [-0.25, -0.2) is 17.9 Å². The van der Waals surface area contributed by atoms with Crippen LogP contribution in [0.2, 0.25) is 0 Å². The second kappa shape index (κ2) is 8.63. The molecular formula is C22H24F3NO4S. The van der Waals surface area contributed by atoms with Crippen molar-refractivity contribution in [2.45, 2.75) is 50.6 Å². The van der Waals surface area contributed by atoms with E-state index in [2.05, 4.69) is 9.46 Å². The summed E-state index contributed by atoms with van der Waals surface area (Å²) >= 11 is 0. The smallest absolute Gasteiger partial charge is 0.416 e. The number of nitrogens with one attached hydrogen (secondary N) is 1. The van der Waals surface area contributed by atoms with E-state index in [1.54, 1.807) is 13.8 Å². The number of sulfonamides is 1. The third-order valence-electron chi connectivity index (χ3n) is 5.28. The predicted molar refractivity (Wildman–Crippen MR) is 111 cm³/mol.